The summed E-state index contributed by atoms with van der Waals surface area (Å²) >= 11 is 0. The van der Waals surface area contributed by atoms with Gasteiger partial charge in [-0.1, -0.05) is 18.2 Å². The molecule has 2 aromatic heterocycles. The van der Waals surface area contributed by atoms with E-state index in [0.29, 0.717) is 5.69 Å². The van der Waals surface area contributed by atoms with Gasteiger partial charge in [0, 0.05) is 16.8 Å². The highest BCUT2D eigenvalue weighted by Crippen LogP contribution is 2.22. The number of carbonyl (C=O) groups is 1. The van der Waals surface area contributed by atoms with Gasteiger partial charge in [0.2, 0.25) is 0 Å². The number of nitrogens with one attached hydrogen (secondary N) is 2. The average molecular weight is 362 g/mol. The minimum Gasteiger partial charge on any atom is -0.281 e. The molecule has 7 nitrogen and oxygen atoms in total. The van der Waals surface area contributed by atoms with E-state index < -0.39 is 0 Å². The van der Waals surface area contributed by atoms with E-state index in [1.807, 2.05) is 48.9 Å². The summed E-state index contributed by atoms with van der Waals surface area (Å²) in [4.78, 5) is 12.4. The molecule has 1 aliphatic rings. The standard InChI is InChI=1S/C20H22N6O/c1-13-17(14(2)26(25-13)15-8-4-3-5-9-15)12-21-24-20(27)19-16-10-6-7-11-18(16)22-23-19/h3-5,8-9,12H,6-7,10-11H2,1-2H3,(H,22,23)(H,24,27). The number of H-pyrrole nitrogens is 1. The van der Waals surface area contributed by atoms with Gasteiger partial charge in [0.25, 0.3) is 5.91 Å². The second-order valence-electron chi connectivity index (χ2n) is 6.77. The second kappa shape index (κ2) is 7.19. The van der Waals surface area contributed by atoms with E-state index >= 15 is 0 Å². The van der Waals surface area contributed by atoms with Gasteiger partial charge in [-0.15, -0.1) is 0 Å². The van der Waals surface area contributed by atoms with Gasteiger partial charge in [0.15, 0.2) is 5.69 Å². The van der Waals surface area contributed by atoms with Crippen molar-refractivity contribution < 1.29 is 4.79 Å². The molecule has 7 heteroatoms. The highest BCUT2D eigenvalue weighted by Gasteiger charge is 2.21. The summed E-state index contributed by atoms with van der Waals surface area (Å²) in [5.74, 6) is -0.281. The van der Waals surface area contributed by atoms with E-state index in [1.54, 1.807) is 6.21 Å². The van der Waals surface area contributed by atoms with Gasteiger partial charge in [-0.05, 0) is 51.7 Å². The molecule has 0 spiro atoms. The molecule has 2 heterocycles. The van der Waals surface area contributed by atoms with Crippen LogP contribution in [0.3, 0.4) is 0 Å². The Morgan fingerprint density at radius 2 is 2.00 bits per heavy atom. The summed E-state index contributed by atoms with van der Waals surface area (Å²) in [7, 11) is 0. The van der Waals surface area contributed by atoms with Crippen LogP contribution in [-0.2, 0) is 12.8 Å². The lowest BCUT2D eigenvalue weighted by Crippen LogP contribution is -2.20. The summed E-state index contributed by atoms with van der Waals surface area (Å²) in [5, 5.41) is 15.9. The van der Waals surface area contributed by atoms with E-state index in [0.717, 1.165) is 59.6 Å². The fraction of sp³-hybridized carbons (Fsp3) is 0.300. The maximum Gasteiger partial charge on any atom is 0.292 e. The van der Waals surface area contributed by atoms with Crippen molar-refractivity contribution in [2.75, 3.05) is 0 Å². The fourth-order valence-corrected chi connectivity index (χ4v) is 3.54. The third kappa shape index (κ3) is 3.28. The molecular formula is C20H22N6O. The number of nitrogens with zero attached hydrogens (tertiary/aromatic N) is 4. The Labute approximate surface area is 157 Å². The number of hydrazone groups is 1. The van der Waals surface area contributed by atoms with Crippen LogP contribution >= 0.6 is 0 Å². The number of hydrogen-bond acceptors (Lipinski definition) is 4. The number of para-hydroxylation sites is 1. The minimum absolute atomic E-state index is 0.281. The van der Waals surface area contributed by atoms with Gasteiger partial charge in [-0.2, -0.15) is 15.3 Å². The van der Waals surface area contributed by atoms with Crippen molar-refractivity contribution >= 4 is 12.1 Å². The smallest absolute Gasteiger partial charge is 0.281 e. The lowest BCUT2D eigenvalue weighted by Gasteiger charge is -2.10. The van der Waals surface area contributed by atoms with Gasteiger partial charge in [0.05, 0.1) is 23.3 Å². The topological polar surface area (TPSA) is 88.0 Å². The summed E-state index contributed by atoms with van der Waals surface area (Å²) in [6.45, 7) is 3.92. The number of aryl methyl sites for hydroxylation is 2. The Balaban J connectivity index is 1.51. The van der Waals surface area contributed by atoms with Crippen LogP contribution in [0.25, 0.3) is 5.69 Å². The van der Waals surface area contributed by atoms with Gasteiger partial charge >= 0.3 is 0 Å². The zero-order valence-corrected chi connectivity index (χ0v) is 15.5. The van der Waals surface area contributed by atoms with Crippen LogP contribution in [0.2, 0.25) is 0 Å². The third-order valence-electron chi connectivity index (χ3n) is 4.98. The quantitative estimate of drug-likeness (QED) is 0.552. The maximum atomic E-state index is 12.4. The van der Waals surface area contributed by atoms with Crippen molar-refractivity contribution in [3.05, 3.63) is 64.2 Å². The van der Waals surface area contributed by atoms with Crippen LogP contribution < -0.4 is 5.43 Å². The highest BCUT2D eigenvalue weighted by molar-refractivity contribution is 5.95. The summed E-state index contributed by atoms with van der Waals surface area (Å²) in [5.41, 5.74) is 8.86. The predicted molar refractivity (Wildman–Crippen MR) is 103 cm³/mol. The molecule has 3 aromatic rings. The number of rotatable bonds is 4. The van der Waals surface area contributed by atoms with Crippen molar-refractivity contribution in [1.82, 2.24) is 25.4 Å². The number of carbonyl (C=O) groups excluding carboxylic acids is 1. The molecule has 4 rings (SSSR count). The maximum absolute atomic E-state index is 12.4. The molecule has 0 saturated heterocycles. The van der Waals surface area contributed by atoms with Crippen molar-refractivity contribution in [2.45, 2.75) is 39.5 Å². The number of aromatic amines is 1. The summed E-state index contributed by atoms with van der Waals surface area (Å²) in [6.07, 6.45) is 5.72. The molecule has 27 heavy (non-hydrogen) atoms. The first-order chi connectivity index (χ1) is 13.1. The van der Waals surface area contributed by atoms with Gasteiger partial charge in [0.1, 0.15) is 0 Å². The molecule has 0 atom stereocenters. The zero-order chi connectivity index (χ0) is 18.8. The number of hydrogen-bond donors (Lipinski definition) is 2. The normalized spacial score (nSPS) is 13.7. The van der Waals surface area contributed by atoms with Crippen LogP contribution in [0.15, 0.2) is 35.4 Å². The number of fused-ring (bicyclic) bond motifs is 1. The Morgan fingerprint density at radius 1 is 1.22 bits per heavy atom. The Kier molecular flexibility index (Phi) is 4.58. The van der Waals surface area contributed by atoms with Crippen LogP contribution in [0.4, 0.5) is 0 Å². The Bertz CT molecular complexity index is 999. The van der Waals surface area contributed by atoms with Crippen molar-refractivity contribution in [3.63, 3.8) is 0 Å². The monoisotopic (exact) mass is 362 g/mol. The molecule has 2 N–H and O–H groups in total. The molecule has 0 saturated carbocycles. The molecular weight excluding hydrogens is 340 g/mol. The van der Waals surface area contributed by atoms with E-state index in [-0.39, 0.29) is 5.91 Å². The molecule has 1 amide bonds. The summed E-state index contributed by atoms with van der Waals surface area (Å²) in [6, 6.07) is 9.93. The molecule has 0 unspecified atom stereocenters. The minimum atomic E-state index is -0.281. The van der Waals surface area contributed by atoms with Gasteiger partial charge in [-0.3, -0.25) is 9.89 Å². The fourth-order valence-electron chi connectivity index (χ4n) is 3.54. The van der Waals surface area contributed by atoms with Crippen LogP contribution in [-0.4, -0.2) is 32.1 Å². The number of benzene rings is 1. The van der Waals surface area contributed by atoms with E-state index in [1.165, 1.54) is 0 Å². The number of amides is 1. The van der Waals surface area contributed by atoms with Crippen LogP contribution in [0.1, 0.15) is 51.5 Å². The van der Waals surface area contributed by atoms with E-state index in [2.05, 4.69) is 25.8 Å². The highest BCUT2D eigenvalue weighted by atomic mass is 16.2. The van der Waals surface area contributed by atoms with Crippen LogP contribution in [0.5, 0.6) is 0 Å². The van der Waals surface area contributed by atoms with E-state index in [4.69, 9.17) is 0 Å². The molecule has 1 aliphatic carbocycles. The second-order valence-corrected chi connectivity index (χ2v) is 6.77. The molecule has 138 valence electrons. The molecule has 0 fully saturated rings. The average Bonchev–Trinajstić information content (AvgIpc) is 3.24. The zero-order valence-electron chi connectivity index (χ0n) is 15.5. The first-order valence-corrected chi connectivity index (χ1v) is 9.16. The first-order valence-electron chi connectivity index (χ1n) is 9.16. The Hall–Kier alpha value is -3.22. The van der Waals surface area contributed by atoms with Gasteiger partial charge in [-0.25, -0.2) is 10.1 Å². The van der Waals surface area contributed by atoms with Crippen LogP contribution in [0, 0.1) is 13.8 Å². The van der Waals surface area contributed by atoms with Crippen molar-refractivity contribution in [3.8, 4) is 5.69 Å². The Morgan fingerprint density at radius 3 is 2.81 bits per heavy atom. The van der Waals surface area contributed by atoms with Crippen molar-refractivity contribution in [2.24, 2.45) is 5.10 Å². The lowest BCUT2D eigenvalue weighted by atomic mass is 9.96. The lowest BCUT2D eigenvalue weighted by molar-refractivity contribution is 0.0949. The molecule has 0 bridgehead atoms. The molecule has 1 aromatic carbocycles. The third-order valence-corrected chi connectivity index (χ3v) is 4.98. The van der Waals surface area contributed by atoms with Crippen molar-refractivity contribution in [1.29, 1.82) is 0 Å². The first kappa shape index (κ1) is 17.2. The number of aromatic nitrogens is 4. The SMILES string of the molecule is Cc1nn(-c2ccccc2)c(C)c1C=NNC(=O)c1n[nH]c2c1CCCC2. The molecule has 0 radical (unpaired) electrons. The van der Waals surface area contributed by atoms with Gasteiger partial charge < -0.3 is 0 Å². The van der Waals surface area contributed by atoms with E-state index in [9.17, 15) is 4.79 Å². The predicted octanol–water partition coefficient (Wildman–Crippen LogP) is 2.85. The molecule has 0 aliphatic heterocycles. The summed E-state index contributed by atoms with van der Waals surface area (Å²) < 4.78 is 1.88. The largest absolute Gasteiger partial charge is 0.292 e.